The van der Waals surface area contributed by atoms with Crippen LogP contribution in [0.4, 0.5) is 17.3 Å². The van der Waals surface area contributed by atoms with Crippen molar-refractivity contribution in [2.24, 2.45) is 0 Å². The zero-order chi connectivity index (χ0) is 15.9. The van der Waals surface area contributed by atoms with Crippen molar-refractivity contribution in [3.8, 4) is 0 Å². The number of benzene rings is 1. The highest BCUT2D eigenvalue weighted by atomic mass is 15.1. The highest BCUT2D eigenvalue weighted by Gasteiger charge is 2.07. The van der Waals surface area contributed by atoms with Gasteiger partial charge >= 0.3 is 0 Å². The van der Waals surface area contributed by atoms with Gasteiger partial charge in [0.2, 0.25) is 5.95 Å². The second-order valence-electron chi connectivity index (χ2n) is 5.37. The van der Waals surface area contributed by atoms with Crippen LogP contribution < -0.4 is 15.5 Å². The lowest BCUT2D eigenvalue weighted by atomic mass is 10.1. The first-order valence-electron chi connectivity index (χ1n) is 7.69. The van der Waals surface area contributed by atoms with Crippen LogP contribution in [0.2, 0.25) is 0 Å². The molecule has 0 fully saturated rings. The SMILES string of the molecule is CCc1cc(N(C)CCNC)ccc1Nc1nccc(C)n1. The summed E-state index contributed by atoms with van der Waals surface area (Å²) >= 11 is 0. The largest absolute Gasteiger partial charge is 0.373 e. The number of nitrogens with zero attached hydrogens (tertiary/aromatic N) is 3. The van der Waals surface area contributed by atoms with Crippen LogP contribution in [-0.2, 0) is 6.42 Å². The molecule has 0 radical (unpaired) electrons. The minimum Gasteiger partial charge on any atom is -0.373 e. The summed E-state index contributed by atoms with van der Waals surface area (Å²) in [5, 5.41) is 6.50. The minimum atomic E-state index is 0.644. The van der Waals surface area contributed by atoms with Gasteiger partial charge in [0.1, 0.15) is 0 Å². The summed E-state index contributed by atoms with van der Waals surface area (Å²) in [7, 11) is 4.09. The average molecular weight is 299 g/mol. The summed E-state index contributed by atoms with van der Waals surface area (Å²) in [4.78, 5) is 10.9. The van der Waals surface area contributed by atoms with E-state index in [9.17, 15) is 0 Å². The average Bonchev–Trinajstić information content (AvgIpc) is 2.53. The Morgan fingerprint density at radius 1 is 1.23 bits per heavy atom. The molecule has 0 unspecified atom stereocenters. The van der Waals surface area contributed by atoms with E-state index in [1.807, 2.05) is 20.0 Å². The number of anilines is 3. The van der Waals surface area contributed by atoms with Crippen molar-refractivity contribution >= 4 is 17.3 Å². The molecule has 5 heteroatoms. The molecule has 2 aromatic rings. The first kappa shape index (κ1) is 16.2. The molecule has 22 heavy (non-hydrogen) atoms. The van der Waals surface area contributed by atoms with Gasteiger partial charge in [-0.25, -0.2) is 9.97 Å². The third kappa shape index (κ3) is 4.18. The highest BCUT2D eigenvalue weighted by Crippen LogP contribution is 2.25. The Kier molecular flexibility index (Phi) is 5.72. The zero-order valence-electron chi connectivity index (χ0n) is 13.8. The number of hydrogen-bond donors (Lipinski definition) is 2. The number of rotatable bonds is 7. The Hall–Kier alpha value is -2.14. The van der Waals surface area contributed by atoms with E-state index in [-0.39, 0.29) is 0 Å². The Balaban J connectivity index is 2.18. The molecule has 0 bridgehead atoms. The second-order valence-corrected chi connectivity index (χ2v) is 5.37. The Morgan fingerprint density at radius 2 is 2.05 bits per heavy atom. The monoisotopic (exact) mass is 299 g/mol. The van der Waals surface area contributed by atoms with Crippen molar-refractivity contribution in [2.75, 3.05) is 37.4 Å². The van der Waals surface area contributed by atoms with Crippen molar-refractivity contribution in [2.45, 2.75) is 20.3 Å². The molecule has 0 aliphatic rings. The van der Waals surface area contributed by atoms with Crippen LogP contribution in [-0.4, -0.2) is 37.2 Å². The van der Waals surface area contributed by atoms with Gasteiger partial charge in [0, 0.05) is 43.4 Å². The predicted molar refractivity (Wildman–Crippen MR) is 93.1 cm³/mol. The normalized spacial score (nSPS) is 10.5. The lowest BCUT2D eigenvalue weighted by Gasteiger charge is -2.21. The number of aromatic nitrogens is 2. The fourth-order valence-corrected chi connectivity index (χ4v) is 2.27. The van der Waals surface area contributed by atoms with E-state index in [4.69, 9.17) is 0 Å². The van der Waals surface area contributed by atoms with Gasteiger partial charge < -0.3 is 15.5 Å². The topological polar surface area (TPSA) is 53.1 Å². The Morgan fingerprint density at radius 3 is 2.73 bits per heavy atom. The van der Waals surface area contributed by atoms with E-state index in [0.29, 0.717) is 5.95 Å². The van der Waals surface area contributed by atoms with E-state index in [2.05, 4.69) is 57.7 Å². The van der Waals surface area contributed by atoms with Crippen LogP contribution in [0.25, 0.3) is 0 Å². The lowest BCUT2D eigenvalue weighted by molar-refractivity contribution is 0.767. The molecule has 0 saturated carbocycles. The van der Waals surface area contributed by atoms with Crippen molar-refractivity contribution in [3.05, 3.63) is 41.7 Å². The van der Waals surface area contributed by atoms with Crippen molar-refractivity contribution in [3.63, 3.8) is 0 Å². The molecule has 118 valence electrons. The van der Waals surface area contributed by atoms with Gasteiger partial charge in [-0.1, -0.05) is 6.92 Å². The van der Waals surface area contributed by atoms with Crippen LogP contribution in [0.1, 0.15) is 18.2 Å². The molecular formula is C17H25N5. The smallest absolute Gasteiger partial charge is 0.227 e. The van der Waals surface area contributed by atoms with Gasteiger partial charge in [0.15, 0.2) is 0 Å². The number of likely N-dealkylation sites (N-methyl/N-ethyl adjacent to an activating group) is 2. The van der Waals surface area contributed by atoms with E-state index in [1.54, 1.807) is 6.20 Å². The highest BCUT2D eigenvalue weighted by molar-refractivity contribution is 5.64. The summed E-state index contributed by atoms with van der Waals surface area (Å²) < 4.78 is 0. The molecular weight excluding hydrogens is 274 g/mol. The minimum absolute atomic E-state index is 0.644. The third-order valence-corrected chi connectivity index (χ3v) is 3.65. The molecule has 0 aliphatic heterocycles. The molecule has 0 atom stereocenters. The summed E-state index contributed by atoms with van der Waals surface area (Å²) in [6.07, 6.45) is 2.73. The van der Waals surface area contributed by atoms with Gasteiger partial charge in [0.25, 0.3) is 0 Å². The molecule has 0 spiro atoms. The van der Waals surface area contributed by atoms with Gasteiger partial charge in [-0.3, -0.25) is 0 Å². The molecule has 0 aliphatic carbocycles. The maximum Gasteiger partial charge on any atom is 0.227 e. The van der Waals surface area contributed by atoms with E-state index in [0.717, 1.165) is 30.9 Å². The van der Waals surface area contributed by atoms with Crippen molar-refractivity contribution < 1.29 is 0 Å². The Bertz CT molecular complexity index is 612. The summed E-state index contributed by atoms with van der Waals surface area (Å²) in [6.45, 7) is 6.07. The second kappa shape index (κ2) is 7.75. The zero-order valence-corrected chi connectivity index (χ0v) is 13.8. The van der Waals surface area contributed by atoms with Gasteiger partial charge in [-0.15, -0.1) is 0 Å². The van der Waals surface area contributed by atoms with E-state index >= 15 is 0 Å². The maximum absolute atomic E-state index is 4.40. The van der Waals surface area contributed by atoms with Gasteiger partial charge in [0.05, 0.1) is 0 Å². The molecule has 1 aromatic carbocycles. The van der Waals surface area contributed by atoms with E-state index < -0.39 is 0 Å². The van der Waals surface area contributed by atoms with Crippen LogP contribution in [0.5, 0.6) is 0 Å². The molecule has 5 nitrogen and oxygen atoms in total. The fraction of sp³-hybridized carbons (Fsp3) is 0.412. The number of nitrogens with one attached hydrogen (secondary N) is 2. The summed E-state index contributed by atoms with van der Waals surface area (Å²) in [5.41, 5.74) is 4.51. The third-order valence-electron chi connectivity index (χ3n) is 3.65. The molecule has 1 heterocycles. The van der Waals surface area contributed by atoms with Crippen LogP contribution >= 0.6 is 0 Å². The van der Waals surface area contributed by atoms with Crippen LogP contribution in [0.3, 0.4) is 0 Å². The standard InChI is InChI=1S/C17H25N5/c1-5-14-12-15(22(4)11-10-18-3)6-7-16(14)21-17-19-9-8-13(2)20-17/h6-9,12,18H,5,10-11H2,1-4H3,(H,19,20,21). The van der Waals surface area contributed by atoms with Crippen molar-refractivity contribution in [1.29, 1.82) is 0 Å². The number of aryl methyl sites for hydroxylation is 2. The van der Waals surface area contributed by atoms with Crippen LogP contribution in [0, 0.1) is 6.92 Å². The first-order valence-corrected chi connectivity index (χ1v) is 7.69. The lowest BCUT2D eigenvalue weighted by Crippen LogP contribution is -2.27. The van der Waals surface area contributed by atoms with Crippen LogP contribution in [0.15, 0.2) is 30.5 Å². The summed E-state index contributed by atoms with van der Waals surface area (Å²) in [6, 6.07) is 8.36. The molecule has 2 N–H and O–H groups in total. The molecule has 0 amide bonds. The predicted octanol–water partition coefficient (Wildman–Crippen LogP) is 2.75. The van der Waals surface area contributed by atoms with E-state index in [1.165, 1.54) is 11.3 Å². The van der Waals surface area contributed by atoms with Crippen molar-refractivity contribution in [1.82, 2.24) is 15.3 Å². The fourth-order valence-electron chi connectivity index (χ4n) is 2.27. The maximum atomic E-state index is 4.40. The first-order chi connectivity index (χ1) is 10.6. The summed E-state index contributed by atoms with van der Waals surface area (Å²) in [5.74, 6) is 0.644. The molecule has 1 aromatic heterocycles. The van der Waals surface area contributed by atoms with Gasteiger partial charge in [-0.2, -0.15) is 0 Å². The Labute approximate surface area is 132 Å². The van der Waals surface area contributed by atoms with Gasteiger partial charge in [-0.05, 0) is 50.2 Å². The molecule has 2 rings (SSSR count). The molecule has 0 saturated heterocycles. The number of hydrogen-bond acceptors (Lipinski definition) is 5. The quantitative estimate of drug-likeness (QED) is 0.823.